The molecule has 0 amide bonds. The topological polar surface area (TPSA) is 15.3 Å². The van der Waals surface area contributed by atoms with Crippen LogP contribution in [0.4, 0.5) is 11.4 Å². The number of halogens is 1. The molecule has 3 aromatic rings. The summed E-state index contributed by atoms with van der Waals surface area (Å²) in [6, 6.07) is 29.7. The molecule has 3 heteroatoms. The van der Waals surface area contributed by atoms with Gasteiger partial charge in [0.1, 0.15) is 0 Å². The van der Waals surface area contributed by atoms with E-state index in [0.717, 1.165) is 31.1 Å². The monoisotopic (exact) mass is 376 g/mol. The van der Waals surface area contributed by atoms with E-state index in [1.807, 2.05) is 12.1 Å². The molecule has 27 heavy (non-hydrogen) atoms. The van der Waals surface area contributed by atoms with E-state index in [9.17, 15) is 0 Å². The highest BCUT2D eigenvalue weighted by molar-refractivity contribution is 6.30. The molecule has 1 fully saturated rings. The average Bonchev–Trinajstić information content (AvgIpc) is 3.15. The predicted octanol–water partition coefficient (Wildman–Crippen LogP) is 5.56. The van der Waals surface area contributed by atoms with Crippen LogP contribution in [0.5, 0.6) is 0 Å². The first-order chi connectivity index (χ1) is 13.3. The Morgan fingerprint density at radius 2 is 1.33 bits per heavy atom. The number of anilines is 2. The van der Waals surface area contributed by atoms with E-state index in [1.54, 1.807) is 0 Å². The smallest absolute Gasteiger partial charge is 0.0411 e. The summed E-state index contributed by atoms with van der Waals surface area (Å²) in [4.78, 5) is 2.42. The molecule has 2 atom stereocenters. The molecule has 0 radical (unpaired) electrons. The van der Waals surface area contributed by atoms with Crippen molar-refractivity contribution in [3.63, 3.8) is 0 Å². The average molecular weight is 377 g/mol. The highest BCUT2D eigenvalue weighted by atomic mass is 35.5. The van der Waals surface area contributed by atoms with Gasteiger partial charge in [0.2, 0.25) is 0 Å². The van der Waals surface area contributed by atoms with Gasteiger partial charge in [0.15, 0.2) is 0 Å². The number of hydrogen-bond donors (Lipinski definition) is 1. The first-order valence-corrected chi connectivity index (χ1v) is 10.0. The Bertz CT molecular complexity index is 833. The number of benzene rings is 3. The molecule has 2 nitrogen and oxygen atoms in total. The molecule has 138 valence electrons. The minimum absolute atomic E-state index is 0.598. The molecule has 0 aromatic heterocycles. The third kappa shape index (κ3) is 4.52. The van der Waals surface area contributed by atoms with Gasteiger partial charge >= 0.3 is 0 Å². The zero-order valence-electron chi connectivity index (χ0n) is 15.4. The van der Waals surface area contributed by atoms with Gasteiger partial charge in [0.25, 0.3) is 0 Å². The fraction of sp³-hybridized carbons (Fsp3) is 0.250. The van der Waals surface area contributed by atoms with E-state index in [2.05, 4.69) is 83.0 Å². The van der Waals surface area contributed by atoms with Gasteiger partial charge in [-0.05, 0) is 73.3 Å². The normalized spacial score (nSPS) is 19.1. The first kappa shape index (κ1) is 18.1. The summed E-state index contributed by atoms with van der Waals surface area (Å²) in [6.07, 6.45) is 1.13. The molecule has 3 aromatic carbocycles. The van der Waals surface area contributed by atoms with Crippen LogP contribution >= 0.6 is 11.6 Å². The SMILES string of the molecule is Clc1ccc(N(C[C@H]2CNC[C@H]2Cc2ccccc2)c2ccccc2)cc1. The molecule has 0 unspecified atom stereocenters. The van der Waals surface area contributed by atoms with E-state index in [4.69, 9.17) is 11.6 Å². The summed E-state index contributed by atoms with van der Waals surface area (Å²) >= 11 is 6.12. The molecular weight excluding hydrogens is 352 g/mol. The molecule has 1 aliphatic rings. The van der Waals surface area contributed by atoms with E-state index >= 15 is 0 Å². The highest BCUT2D eigenvalue weighted by Gasteiger charge is 2.29. The maximum absolute atomic E-state index is 6.12. The molecule has 0 saturated carbocycles. The molecule has 1 N–H and O–H groups in total. The third-order valence-electron chi connectivity index (χ3n) is 5.44. The first-order valence-electron chi connectivity index (χ1n) is 9.62. The van der Waals surface area contributed by atoms with Crippen LogP contribution in [0, 0.1) is 11.8 Å². The van der Waals surface area contributed by atoms with Gasteiger partial charge in [-0.15, -0.1) is 0 Å². The lowest BCUT2D eigenvalue weighted by atomic mass is 9.89. The van der Waals surface area contributed by atoms with Gasteiger partial charge in [-0.3, -0.25) is 0 Å². The predicted molar refractivity (Wildman–Crippen MR) is 115 cm³/mol. The molecule has 0 bridgehead atoms. The van der Waals surface area contributed by atoms with Gasteiger partial charge in [-0.2, -0.15) is 0 Å². The Morgan fingerprint density at radius 3 is 2.04 bits per heavy atom. The van der Waals surface area contributed by atoms with Gasteiger partial charge in [-0.25, -0.2) is 0 Å². The van der Waals surface area contributed by atoms with Crippen LogP contribution in [0.25, 0.3) is 0 Å². The van der Waals surface area contributed by atoms with Crippen molar-refractivity contribution in [3.05, 3.63) is 95.5 Å². The van der Waals surface area contributed by atoms with Crippen LogP contribution < -0.4 is 10.2 Å². The Labute approximate surface area is 166 Å². The Kier molecular flexibility index (Phi) is 5.76. The lowest BCUT2D eigenvalue weighted by molar-refractivity contribution is 0.423. The zero-order chi connectivity index (χ0) is 18.5. The van der Waals surface area contributed by atoms with E-state index < -0.39 is 0 Å². The van der Waals surface area contributed by atoms with E-state index in [0.29, 0.717) is 11.8 Å². The van der Waals surface area contributed by atoms with Crippen LogP contribution in [-0.2, 0) is 6.42 Å². The summed E-state index contributed by atoms with van der Waals surface area (Å²) in [7, 11) is 0. The number of nitrogens with zero attached hydrogens (tertiary/aromatic N) is 1. The van der Waals surface area contributed by atoms with Crippen LogP contribution in [0.1, 0.15) is 5.56 Å². The fourth-order valence-electron chi connectivity index (χ4n) is 3.98. The van der Waals surface area contributed by atoms with Crippen molar-refractivity contribution in [3.8, 4) is 0 Å². The van der Waals surface area contributed by atoms with Crippen molar-refractivity contribution in [1.29, 1.82) is 0 Å². The Hall–Kier alpha value is -2.29. The van der Waals surface area contributed by atoms with Crippen molar-refractivity contribution < 1.29 is 0 Å². The number of nitrogens with one attached hydrogen (secondary N) is 1. The second-order valence-electron chi connectivity index (χ2n) is 7.29. The van der Waals surface area contributed by atoms with E-state index in [1.165, 1.54) is 16.9 Å². The number of hydrogen-bond acceptors (Lipinski definition) is 2. The van der Waals surface area contributed by atoms with Crippen molar-refractivity contribution in [2.45, 2.75) is 6.42 Å². The molecule has 1 saturated heterocycles. The summed E-state index contributed by atoms with van der Waals surface area (Å²) in [6.45, 7) is 3.15. The third-order valence-corrected chi connectivity index (χ3v) is 5.70. The highest BCUT2D eigenvalue weighted by Crippen LogP contribution is 2.31. The molecule has 0 aliphatic carbocycles. The van der Waals surface area contributed by atoms with Gasteiger partial charge in [0.05, 0.1) is 0 Å². The quantitative estimate of drug-likeness (QED) is 0.606. The summed E-state index contributed by atoms with van der Waals surface area (Å²) in [5.74, 6) is 1.24. The molecule has 0 spiro atoms. The maximum atomic E-state index is 6.12. The second kappa shape index (κ2) is 8.60. The van der Waals surface area contributed by atoms with Crippen LogP contribution in [-0.4, -0.2) is 19.6 Å². The largest absolute Gasteiger partial charge is 0.341 e. The Morgan fingerprint density at radius 1 is 0.741 bits per heavy atom. The molecule has 4 rings (SSSR count). The van der Waals surface area contributed by atoms with Crippen molar-refractivity contribution in [2.75, 3.05) is 24.5 Å². The lowest BCUT2D eigenvalue weighted by Crippen LogP contribution is -2.30. The molecule has 1 heterocycles. The van der Waals surface area contributed by atoms with Gasteiger partial charge in [0, 0.05) is 22.9 Å². The van der Waals surface area contributed by atoms with Crippen molar-refractivity contribution in [1.82, 2.24) is 5.32 Å². The van der Waals surface area contributed by atoms with E-state index in [-0.39, 0.29) is 0 Å². The van der Waals surface area contributed by atoms with Crippen molar-refractivity contribution >= 4 is 23.0 Å². The molecule has 1 aliphatic heterocycles. The number of para-hydroxylation sites is 1. The standard InChI is InChI=1S/C24H25ClN2/c25-22-11-13-24(14-12-22)27(23-9-5-2-6-10-23)18-21-17-26-16-20(21)15-19-7-3-1-4-8-19/h1-14,20-21,26H,15-18H2/t20-,21-/m1/s1. The van der Waals surface area contributed by atoms with Crippen LogP contribution in [0.2, 0.25) is 5.02 Å². The zero-order valence-corrected chi connectivity index (χ0v) is 16.1. The van der Waals surface area contributed by atoms with Crippen molar-refractivity contribution in [2.24, 2.45) is 11.8 Å². The molecular formula is C24H25ClN2. The maximum Gasteiger partial charge on any atom is 0.0411 e. The minimum Gasteiger partial charge on any atom is -0.341 e. The van der Waals surface area contributed by atoms with Crippen LogP contribution in [0.3, 0.4) is 0 Å². The lowest BCUT2D eigenvalue weighted by Gasteiger charge is -2.30. The summed E-state index contributed by atoms with van der Waals surface area (Å²) in [5.41, 5.74) is 3.84. The minimum atomic E-state index is 0.598. The summed E-state index contributed by atoms with van der Waals surface area (Å²) < 4.78 is 0. The Balaban J connectivity index is 1.56. The fourth-order valence-corrected chi connectivity index (χ4v) is 4.11. The second-order valence-corrected chi connectivity index (χ2v) is 7.73. The number of rotatable bonds is 6. The summed E-state index contributed by atoms with van der Waals surface area (Å²) in [5, 5.41) is 4.39. The van der Waals surface area contributed by atoms with Crippen LogP contribution in [0.15, 0.2) is 84.9 Å². The van der Waals surface area contributed by atoms with Gasteiger partial charge < -0.3 is 10.2 Å². The van der Waals surface area contributed by atoms with Gasteiger partial charge in [-0.1, -0.05) is 60.1 Å².